The highest BCUT2D eigenvalue weighted by Gasteiger charge is 2.25. The lowest BCUT2D eigenvalue weighted by molar-refractivity contribution is -0.0493. The predicted octanol–water partition coefficient (Wildman–Crippen LogP) is 1.31. The van der Waals surface area contributed by atoms with Crippen LogP contribution in [0.4, 0.5) is 14.5 Å². The van der Waals surface area contributed by atoms with E-state index in [1.807, 2.05) is 0 Å². The minimum atomic E-state index is -3.18. The number of rotatable bonds is 5. The Labute approximate surface area is 171 Å². The maximum absolute atomic E-state index is 12.8. The minimum absolute atomic E-state index is 0.0111. The zero-order valence-electron chi connectivity index (χ0n) is 14.8. The molecule has 0 spiro atoms. The number of hydrogen-bond acceptors (Lipinski definition) is 10. The van der Waals surface area contributed by atoms with Crippen LogP contribution in [0.1, 0.15) is 25.7 Å². The normalized spacial score (nSPS) is 13.2. The van der Waals surface area contributed by atoms with Crippen LogP contribution < -0.4 is 26.4 Å². The van der Waals surface area contributed by atoms with Gasteiger partial charge < -0.3 is 10.1 Å². The average Bonchev–Trinajstić information content (AvgIpc) is 3.26. The number of hydrogen-bond donors (Lipinski definition) is 4. The number of nitrogens with one attached hydrogen (secondary N) is 4. The summed E-state index contributed by atoms with van der Waals surface area (Å²) in [5.74, 6) is -1.73. The lowest BCUT2D eigenvalue weighted by atomic mass is 10.1. The second-order valence-electron chi connectivity index (χ2n) is 5.48. The standard InChI is InChI=1S/C14H13ClF2N8O3S/c1-5-9(20-24-29-5)12(27)18-10-7(28-13(16)17)4-3-6(8(10)15)11(26)19-14-21-22-23-25(14)2/h3-4,13,22-23H,1-2H3,(H,18,27)(H,19,21,26). The van der Waals surface area contributed by atoms with Gasteiger partial charge in [-0.05, 0) is 30.6 Å². The lowest BCUT2D eigenvalue weighted by Crippen LogP contribution is -2.45. The van der Waals surface area contributed by atoms with Gasteiger partial charge in [0.15, 0.2) is 11.4 Å². The molecule has 0 fully saturated rings. The summed E-state index contributed by atoms with van der Waals surface area (Å²) in [7, 11) is 1.58. The molecule has 1 aliphatic rings. The van der Waals surface area contributed by atoms with Gasteiger partial charge in [-0.3, -0.25) is 19.9 Å². The zero-order valence-corrected chi connectivity index (χ0v) is 16.4. The third-order valence-corrected chi connectivity index (χ3v) is 4.62. The van der Waals surface area contributed by atoms with E-state index in [1.54, 1.807) is 14.0 Å². The number of guanidine groups is 1. The maximum Gasteiger partial charge on any atom is 0.387 e. The van der Waals surface area contributed by atoms with Gasteiger partial charge in [0.25, 0.3) is 11.8 Å². The molecule has 29 heavy (non-hydrogen) atoms. The van der Waals surface area contributed by atoms with Crippen molar-refractivity contribution in [1.29, 1.82) is 0 Å². The zero-order chi connectivity index (χ0) is 21.1. The molecule has 1 aromatic carbocycles. The smallest absolute Gasteiger partial charge is 0.387 e. The van der Waals surface area contributed by atoms with E-state index in [1.165, 1.54) is 11.1 Å². The van der Waals surface area contributed by atoms with Crippen LogP contribution in [-0.2, 0) is 0 Å². The first kappa shape index (κ1) is 20.6. The molecular formula is C14H13ClF2N8O3S. The van der Waals surface area contributed by atoms with Crippen molar-refractivity contribution in [2.75, 3.05) is 12.4 Å². The molecule has 0 saturated carbocycles. The van der Waals surface area contributed by atoms with Gasteiger partial charge in [-0.1, -0.05) is 16.1 Å². The fraction of sp³-hybridized carbons (Fsp3) is 0.214. The number of hydrazine groups is 2. The van der Waals surface area contributed by atoms with Crippen molar-refractivity contribution in [2.24, 2.45) is 5.10 Å². The van der Waals surface area contributed by atoms with E-state index in [9.17, 15) is 18.4 Å². The largest absolute Gasteiger partial charge is 0.433 e. The summed E-state index contributed by atoms with van der Waals surface area (Å²) in [6.45, 7) is -1.56. The van der Waals surface area contributed by atoms with E-state index >= 15 is 0 Å². The first-order valence-electron chi connectivity index (χ1n) is 7.79. The number of halogens is 3. The minimum Gasteiger partial charge on any atom is -0.433 e. The van der Waals surface area contributed by atoms with Gasteiger partial charge in [-0.15, -0.1) is 15.7 Å². The van der Waals surface area contributed by atoms with Crippen molar-refractivity contribution in [2.45, 2.75) is 13.5 Å². The molecule has 3 rings (SSSR count). The van der Waals surface area contributed by atoms with Crippen LogP contribution in [0, 0.1) is 6.92 Å². The summed E-state index contributed by atoms with van der Waals surface area (Å²) in [4.78, 5) is 25.5. The molecule has 1 aromatic heterocycles. The van der Waals surface area contributed by atoms with Crippen LogP contribution in [0.2, 0.25) is 5.02 Å². The number of hydrazone groups is 1. The molecule has 2 amide bonds. The summed E-state index contributed by atoms with van der Waals surface area (Å²) in [5, 5.41) is 13.3. The number of amides is 2. The van der Waals surface area contributed by atoms with Crippen LogP contribution >= 0.6 is 23.1 Å². The number of alkyl halides is 2. The number of aryl methyl sites for hydroxylation is 1. The number of nitrogens with zero attached hydrogens (tertiary/aromatic N) is 4. The predicted molar refractivity (Wildman–Crippen MR) is 99.6 cm³/mol. The Balaban J connectivity index is 1.93. The third-order valence-electron chi connectivity index (χ3n) is 3.59. The van der Waals surface area contributed by atoms with Crippen molar-refractivity contribution >= 4 is 46.6 Å². The first-order chi connectivity index (χ1) is 13.8. The Bertz CT molecular complexity index is 986. The summed E-state index contributed by atoms with van der Waals surface area (Å²) in [5.41, 5.74) is 4.58. The molecule has 2 aromatic rings. The van der Waals surface area contributed by atoms with E-state index in [-0.39, 0.29) is 27.9 Å². The van der Waals surface area contributed by atoms with E-state index in [0.29, 0.717) is 4.88 Å². The highest BCUT2D eigenvalue weighted by Crippen LogP contribution is 2.36. The summed E-state index contributed by atoms with van der Waals surface area (Å²) in [6.07, 6.45) is 0. The molecule has 0 radical (unpaired) electrons. The lowest BCUT2D eigenvalue weighted by Gasteiger charge is -2.17. The number of carbonyl (C=O) groups is 2. The SMILES string of the molecule is Cc1snnc1C(=O)Nc1c(OC(F)F)ccc(C(=O)NC2=NNNN2C)c1Cl. The molecule has 0 saturated heterocycles. The van der Waals surface area contributed by atoms with Gasteiger partial charge in [0.1, 0.15) is 5.69 Å². The second-order valence-corrected chi connectivity index (χ2v) is 6.82. The van der Waals surface area contributed by atoms with E-state index in [2.05, 4.69) is 41.1 Å². The number of anilines is 1. The summed E-state index contributed by atoms with van der Waals surface area (Å²) < 4.78 is 33.6. The summed E-state index contributed by atoms with van der Waals surface area (Å²) >= 11 is 7.23. The fourth-order valence-electron chi connectivity index (χ4n) is 2.22. The fourth-order valence-corrected chi connectivity index (χ4v) is 2.97. The van der Waals surface area contributed by atoms with Crippen LogP contribution in [0.3, 0.4) is 0 Å². The van der Waals surface area contributed by atoms with Crippen LogP contribution in [-0.4, -0.2) is 46.0 Å². The van der Waals surface area contributed by atoms with Crippen molar-refractivity contribution in [1.82, 2.24) is 31.0 Å². The molecular weight excluding hydrogens is 434 g/mol. The van der Waals surface area contributed by atoms with E-state index in [4.69, 9.17) is 11.6 Å². The monoisotopic (exact) mass is 446 g/mol. The van der Waals surface area contributed by atoms with Gasteiger partial charge >= 0.3 is 6.61 Å². The average molecular weight is 447 g/mol. The molecule has 2 heterocycles. The molecule has 154 valence electrons. The molecule has 11 nitrogen and oxygen atoms in total. The molecule has 0 aliphatic carbocycles. The molecule has 0 atom stereocenters. The Kier molecular flexibility index (Phi) is 6.05. The quantitative estimate of drug-likeness (QED) is 0.540. The summed E-state index contributed by atoms with van der Waals surface area (Å²) in [6, 6.07) is 2.27. The Hall–Kier alpha value is -3.10. The number of ether oxygens (including phenoxy) is 1. The van der Waals surface area contributed by atoms with Crippen LogP contribution in [0.5, 0.6) is 5.75 Å². The topological polar surface area (TPSA) is 133 Å². The van der Waals surface area contributed by atoms with Gasteiger partial charge in [0.2, 0.25) is 5.96 Å². The maximum atomic E-state index is 12.8. The highest BCUT2D eigenvalue weighted by atomic mass is 35.5. The number of carbonyl (C=O) groups excluding carboxylic acids is 2. The Morgan fingerprint density at radius 3 is 2.66 bits per heavy atom. The Morgan fingerprint density at radius 2 is 2.07 bits per heavy atom. The first-order valence-corrected chi connectivity index (χ1v) is 8.94. The van der Waals surface area contributed by atoms with Crippen LogP contribution in [0.15, 0.2) is 17.2 Å². The number of aromatic nitrogens is 2. The van der Waals surface area contributed by atoms with Crippen molar-refractivity contribution < 1.29 is 23.1 Å². The van der Waals surface area contributed by atoms with Crippen molar-refractivity contribution in [3.63, 3.8) is 0 Å². The van der Waals surface area contributed by atoms with Gasteiger partial charge in [0.05, 0.1) is 15.5 Å². The Morgan fingerprint density at radius 1 is 1.31 bits per heavy atom. The van der Waals surface area contributed by atoms with Crippen LogP contribution in [0.25, 0.3) is 0 Å². The molecule has 0 unspecified atom stereocenters. The number of benzene rings is 1. The highest BCUT2D eigenvalue weighted by molar-refractivity contribution is 7.05. The second kappa shape index (κ2) is 8.50. The van der Waals surface area contributed by atoms with Gasteiger partial charge in [-0.25, -0.2) is 5.53 Å². The molecule has 1 aliphatic heterocycles. The molecule has 4 N–H and O–H groups in total. The van der Waals surface area contributed by atoms with Crippen molar-refractivity contribution in [3.05, 3.63) is 33.3 Å². The third kappa shape index (κ3) is 4.49. The van der Waals surface area contributed by atoms with E-state index < -0.39 is 24.2 Å². The molecule has 0 bridgehead atoms. The van der Waals surface area contributed by atoms with Gasteiger partial charge in [-0.2, -0.15) is 8.78 Å². The van der Waals surface area contributed by atoms with Crippen molar-refractivity contribution in [3.8, 4) is 5.75 Å². The van der Waals surface area contributed by atoms with E-state index in [0.717, 1.165) is 17.6 Å². The molecule has 15 heteroatoms. The van der Waals surface area contributed by atoms with Gasteiger partial charge in [0, 0.05) is 7.05 Å².